The number of aliphatic imine (C=N–C) groups is 2. The highest BCUT2D eigenvalue weighted by Gasteiger charge is 2.40. The van der Waals surface area contributed by atoms with Gasteiger partial charge < -0.3 is 10.1 Å². The van der Waals surface area contributed by atoms with Crippen LogP contribution >= 0.6 is 11.8 Å². The van der Waals surface area contributed by atoms with Crippen molar-refractivity contribution in [1.82, 2.24) is 4.90 Å². The van der Waals surface area contributed by atoms with E-state index >= 15 is 0 Å². The van der Waals surface area contributed by atoms with Crippen molar-refractivity contribution in [1.29, 1.82) is 0 Å². The average molecular weight is 408 g/mol. The summed E-state index contributed by atoms with van der Waals surface area (Å²) in [6.07, 6.45) is 0. The lowest BCUT2D eigenvalue weighted by molar-refractivity contribution is -0.124. The Morgan fingerprint density at radius 2 is 2.03 bits per heavy atom. The standard InChI is InChI=1S/C21H20N4O3S/c1-12-20(27)25-18(22-12)16-9-4-5-10-17(16)24-21(25)29-13(2)19(26)23-14-7-6-8-15(11-14)28-3/h4-13H,1-3H3,(H,23,26)/t12-,13+/m1/s1. The molecule has 1 N–H and O–H groups in total. The van der Waals surface area contributed by atoms with Crippen molar-refractivity contribution in [2.45, 2.75) is 25.1 Å². The number of hydrogen-bond acceptors (Lipinski definition) is 6. The van der Waals surface area contributed by atoms with Gasteiger partial charge in [0, 0.05) is 17.3 Å². The summed E-state index contributed by atoms with van der Waals surface area (Å²) >= 11 is 1.23. The predicted molar refractivity (Wildman–Crippen MR) is 115 cm³/mol. The molecule has 2 amide bonds. The molecule has 7 nitrogen and oxygen atoms in total. The summed E-state index contributed by atoms with van der Waals surface area (Å²) in [4.78, 5) is 36.0. The van der Waals surface area contributed by atoms with E-state index in [1.807, 2.05) is 30.3 Å². The molecular weight excluding hydrogens is 388 g/mol. The van der Waals surface area contributed by atoms with Gasteiger partial charge in [-0.05, 0) is 38.1 Å². The van der Waals surface area contributed by atoms with E-state index in [-0.39, 0.29) is 11.8 Å². The number of anilines is 1. The SMILES string of the molecule is COc1cccc(NC(=O)[C@H](C)SC2=Nc3ccccc3C3=N[C@H](C)C(=O)N23)c1. The topological polar surface area (TPSA) is 83.4 Å². The van der Waals surface area contributed by atoms with Gasteiger partial charge in [0.1, 0.15) is 17.6 Å². The van der Waals surface area contributed by atoms with Crippen molar-refractivity contribution >= 4 is 46.0 Å². The summed E-state index contributed by atoms with van der Waals surface area (Å²) in [5.41, 5.74) is 2.21. The fourth-order valence-electron chi connectivity index (χ4n) is 3.11. The monoisotopic (exact) mass is 408 g/mol. The summed E-state index contributed by atoms with van der Waals surface area (Å²) in [5, 5.41) is 2.86. The van der Waals surface area contributed by atoms with Gasteiger partial charge in [-0.15, -0.1) is 0 Å². The number of fused-ring (bicyclic) bond motifs is 3. The van der Waals surface area contributed by atoms with Crippen molar-refractivity contribution < 1.29 is 14.3 Å². The lowest BCUT2D eigenvalue weighted by Crippen LogP contribution is -2.41. The lowest BCUT2D eigenvalue weighted by Gasteiger charge is -2.26. The predicted octanol–water partition coefficient (Wildman–Crippen LogP) is 3.43. The quantitative estimate of drug-likeness (QED) is 0.840. The van der Waals surface area contributed by atoms with Gasteiger partial charge in [0.25, 0.3) is 5.91 Å². The number of rotatable bonds is 4. The number of hydrogen-bond donors (Lipinski definition) is 1. The van der Waals surface area contributed by atoms with E-state index < -0.39 is 11.3 Å². The van der Waals surface area contributed by atoms with Gasteiger partial charge in [0.2, 0.25) is 5.91 Å². The molecule has 4 rings (SSSR count). The normalized spacial score (nSPS) is 18.4. The molecule has 0 spiro atoms. The van der Waals surface area contributed by atoms with E-state index in [0.29, 0.717) is 22.4 Å². The molecule has 29 heavy (non-hydrogen) atoms. The molecule has 0 aromatic heterocycles. The summed E-state index contributed by atoms with van der Waals surface area (Å²) in [6, 6.07) is 14.3. The van der Waals surface area contributed by atoms with Crippen LogP contribution in [0.5, 0.6) is 5.75 Å². The number of benzene rings is 2. The second kappa shape index (κ2) is 7.71. The third-order valence-corrected chi connectivity index (χ3v) is 5.70. The van der Waals surface area contributed by atoms with E-state index in [4.69, 9.17) is 4.74 Å². The molecular formula is C21H20N4O3S. The zero-order chi connectivity index (χ0) is 20.5. The van der Waals surface area contributed by atoms with Crippen LogP contribution in [-0.2, 0) is 9.59 Å². The minimum Gasteiger partial charge on any atom is -0.497 e. The molecule has 0 radical (unpaired) electrons. The number of carbonyl (C=O) groups is 2. The zero-order valence-electron chi connectivity index (χ0n) is 16.2. The maximum atomic E-state index is 12.7. The molecule has 0 saturated carbocycles. The fourth-order valence-corrected chi connectivity index (χ4v) is 4.03. The Balaban J connectivity index is 1.56. The third kappa shape index (κ3) is 3.63. The van der Waals surface area contributed by atoms with E-state index in [9.17, 15) is 9.59 Å². The Morgan fingerprint density at radius 3 is 2.83 bits per heavy atom. The molecule has 0 unspecified atom stereocenters. The number of methoxy groups -OCH3 is 1. The molecule has 2 aliphatic heterocycles. The van der Waals surface area contributed by atoms with E-state index in [2.05, 4.69) is 15.3 Å². The molecule has 2 aromatic carbocycles. The highest BCUT2D eigenvalue weighted by atomic mass is 32.2. The van der Waals surface area contributed by atoms with E-state index in [1.165, 1.54) is 16.7 Å². The van der Waals surface area contributed by atoms with Crippen LogP contribution in [-0.4, -0.2) is 46.1 Å². The van der Waals surface area contributed by atoms with Crippen molar-refractivity contribution in [2.75, 3.05) is 12.4 Å². The maximum absolute atomic E-state index is 12.7. The number of ether oxygens (including phenoxy) is 1. The Labute approximate surface area is 172 Å². The van der Waals surface area contributed by atoms with Gasteiger partial charge >= 0.3 is 0 Å². The van der Waals surface area contributed by atoms with Gasteiger partial charge in [-0.25, -0.2) is 9.89 Å². The Morgan fingerprint density at radius 1 is 1.24 bits per heavy atom. The first kappa shape index (κ1) is 19.2. The van der Waals surface area contributed by atoms with E-state index in [0.717, 1.165) is 11.3 Å². The molecule has 0 saturated heterocycles. The summed E-state index contributed by atoms with van der Waals surface area (Å²) in [7, 11) is 1.58. The molecule has 2 heterocycles. The number of carbonyl (C=O) groups excluding carboxylic acids is 2. The molecule has 2 atom stereocenters. The Bertz CT molecular complexity index is 1050. The maximum Gasteiger partial charge on any atom is 0.258 e. The second-order valence-electron chi connectivity index (χ2n) is 6.70. The fraction of sp³-hybridized carbons (Fsp3) is 0.238. The number of thioether (sulfide) groups is 1. The van der Waals surface area contributed by atoms with Crippen molar-refractivity contribution in [3.8, 4) is 5.75 Å². The molecule has 2 aromatic rings. The van der Waals surface area contributed by atoms with E-state index in [1.54, 1.807) is 39.2 Å². The number of para-hydroxylation sites is 1. The molecule has 0 bridgehead atoms. The van der Waals surface area contributed by atoms with Crippen LogP contribution in [0.2, 0.25) is 0 Å². The number of amides is 2. The van der Waals surface area contributed by atoms with Crippen LogP contribution in [0.15, 0.2) is 58.5 Å². The molecule has 148 valence electrons. The first-order chi connectivity index (χ1) is 14.0. The highest BCUT2D eigenvalue weighted by molar-refractivity contribution is 8.15. The summed E-state index contributed by atoms with van der Waals surface area (Å²) < 4.78 is 5.19. The number of nitrogens with one attached hydrogen (secondary N) is 1. The van der Waals surface area contributed by atoms with Crippen molar-refractivity contribution in [3.05, 3.63) is 54.1 Å². The summed E-state index contributed by atoms with van der Waals surface area (Å²) in [6.45, 7) is 3.54. The molecule has 0 fully saturated rings. The first-order valence-corrected chi connectivity index (χ1v) is 10.1. The van der Waals surface area contributed by atoms with Crippen molar-refractivity contribution in [2.24, 2.45) is 9.98 Å². The van der Waals surface area contributed by atoms with Crippen LogP contribution in [0.25, 0.3) is 0 Å². The molecule has 8 heteroatoms. The van der Waals surface area contributed by atoms with Crippen LogP contribution in [0.4, 0.5) is 11.4 Å². The minimum atomic E-state index is -0.477. The van der Waals surface area contributed by atoms with Gasteiger partial charge in [-0.1, -0.05) is 30.0 Å². The van der Waals surface area contributed by atoms with Crippen LogP contribution in [0.3, 0.4) is 0 Å². The third-order valence-electron chi connectivity index (χ3n) is 4.65. The second-order valence-corrected chi connectivity index (χ2v) is 8.00. The number of amidine groups is 2. The van der Waals surface area contributed by atoms with Gasteiger partial charge in [0.15, 0.2) is 5.17 Å². The summed E-state index contributed by atoms with van der Waals surface area (Å²) in [5.74, 6) is 0.925. The average Bonchev–Trinajstić information content (AvgIpc) is 3.03. The van der Waals surface area contributed by atoms with Crippen molar-refractivity contribution in [3.63, 3.8) is 0 Å². The van der Waals surface area contributed by atoms with Crippen LogP contribution in [0, 0.1) is 0 Å². The highest BCUT2D eigenvalue weighted by Crippen LogP contribution is 2.34. The number of nitrogens with zero attached hydrogens (tertiary/aromatic N) is 3. The van der Waals surface area contributed by atoms with Gasteiger partial charge in [-0.3, -0.25) is 14.6 Å². The molecule has 0 aliphatic carbocycles. The van der Waals surface area contributed by atoms with Crippen LogP contribution < -0.4 is 10.1 Å². The Hall–Kier alpha value is -3.13. The minimum absolute atomic E-state index is 0.138. The van der Waals surface area contributed by atoms with Crippen LogP contribution in [0.1, 0.15) is 19.4 Å². The van der Waals surface area contributed by atoms with Gasteiger partial charge in [0.05, 0.1) is 18.0 Å². The first-order valence-electron chi connectivity index (χ1n) is 9.19. The lowest BCUT2D eigenvalue weighted by atomic mass is 10.1. The smallest absolute Gasteiger partial charge is 0.258 e. The molecule has 2 aliphatic rings. The zero-order valence-corrected chi connectivity index (χ0v) is 17.1. The Kier molecular flexibility index (Phi) is 5.10. The largest absolute Gasteiger partial charge is 0.497 e. The van der Waals surface area contributed by atoms with Gasteiger partial charge in [-0.2, -0.15) is 0 Å².